The number of carbonyl (C=O) groups excluding carboxylic acids is 2. The van der Waals surface area contributed by atoms with Crippen LogP contribution in [0.2, 0.25) is 0 Å². The molecule has 3 aromatic heterocycles. The average Bonchev–Trinajstić information content (AvgIpc) is 3.55. The summed E-state index contributed by atoms with van der Waals surface area (Å²) < 4.78 is 0. The number of aromatic amines is 1. The van der Waals surface area contributed by atoms with Crippen LogP contribution in [-0.2, 0) is 11.8 Å². The van der Waals surface area contributed by atoms with Crippen molar-refractivity contribution in [1.82, 2.24) is 25.2 Å². The SMILES string of the molecule is CC1(C)Cc2sc(N)nc2-c2[nH]c3ccc(C(=O)NC4CCN(C(=O)c5cccnc5)C4)cc3c21. The second-order valence-corrected chi connectivity index (χ2v) is 11.1. The molecule has 8 nitrogen and oxygen atoms in total. The number of nitrogen functional groups attached to an aromatic ring is 1. The molecule has 9 heteroatoms. The standard InChI is InChI=1S/C26H26N6O2S/c1-26(2)11-19-21(31-25(27)35-19)22-20(26)17-10-14(5-6-18(17)30-22)23(33)29-16-7-9-32(13-16)24(34)15-4-3-8-28-12-15/h3-6,8,10,12,16,30H,7,9,11,13H2,1-2H3,(H2,27,31)(H,29,33). The molecule has 1 atom stereocenters. The number of fused-ring (bicyclic) bond motifs is 5. The molecule has 1 unspecified atom stereocenters. The van der Waals surface area contributed by atoms with Gasteiger partial charge in [-0.15, -0.1) is 11.3 Å². The van der Waals surface area contributed by atoms with Gasteiger partial charge in [-0.25, -0.2) is 4.98 Å². The molecule has 1 aliphatic carbocycles. The van der Waals surface area contributed by atoms with E-state index in [-0.39, 0.29) is 23.3 Å². The zero-order valence-corrected chi connectivity index (χ0v) is 20.4. The Morgan fingerprint density at radius 1 is 1.26 bits per heavy atom. The Labute approximate surface area is 206 Å². The smallest absolute Gasteiger partial charge is 0.255 e. The topological polar surface area (TPSA) is 117 Å². The van der Waals surface area contributed by atoms with Gasteiger partial charge in [-0.3, -0.25) is 14.6 Å². The number of anilines is 1. The maximum atomic E-state index is 13.2. The largest absolute Gasteiger partial charge is 0.375 e. The highest BCUT2D eigenvalue weighted by Gasteiger charge is 2.37. The van der Waals surface area contributed by atoms with Crippen LogP contribution in [0.15, 0.2) is 42.7 Å². The number of rotatable bonds is 3. The molecule has 0 radical (unpaired) electrons. The first-order valence-corrected chi connectivity index (χ1v) is 12.5. The zero-order chi connectivity index (χ0) is 24.3. The van der Waals surface area contributed by atoms with Gasteiger partial charge in [-0.05, 0) is 54.2 Å². The van der Waals surface area contributed by atoms with E-state index in [4.69, 9.17) is 5.73 Å². The number of thiazole rings is 1. The first-order valence-electron chi connectivity index (χ1n) is 11.7. The van der Waals surface area contributed by atoms with E-state index in [2.05, 4.69) is 34.1 Å². The van der Waals surface area contributed by atoms with E-state index in [1.807, 2.05) is 18.2 Å². The third-order valence-corrected chi connectivity index (χ3v) is 7.89. The van der Waals surface area contributed by atoms with E-state index >= 15 is 0 Å². The molecule has 4 heterocycles. The number of aromatic nitrogens is 3. The predicted octanol–water partition coefficient (Wildman–Crippen LogP) is 3.75. The molecule has 0 saturated carbocycles. The molecule has 4 aromatic rings. The van der Waals surface area contributed by atoms with Crippen LogP contribution in [0, 0.1) is 0 Å². The van der Waals surface area contributed by atoms with Gasteiger partial charge < -0.3 is 20.9 Å². The molecule has 1 saturated heterocycles. The van der Waals surface area contributed by atoms with E-state index in [1.165, 1.54) is 10.4 Å². The summed E-state index contributed by atoms with van der Waals surface area (Å²) in [5, 5.41) is 4.73. The second-order valence-electron chi connectivity index (χ2n) is 9.97. The highest BCUT2D eigenvalue weighted by atomic mass is 32.1. The van der Waals surface area contributed by atoms with Crippen LogP contribution in [-0.4, -0.2) is 50.8 Å². The summed E-state index contributed by atoms with van der Waals surface area (Å²) in [7, 11) is 0. The van der Waals surface area contributed by atoms with E-state index in [0.29, 0.717) is 29.3 Å². The molecule has 0 bridgehead atoms. The number of pyridine rings is 1. The molecular formula is C26H26N6O2S. The molecule has 35 heavy (non-hydrogen) atoms. The molecule has 0 spiro atoms. The molecular weight excluding hydrogens is 460 g/mol. The number of nitrogens with two attached hydrogens (primary N) is 1. The Bertz CT molecular complexity index is 1470. The Morgan fingerprint density at radius 2 is 2.11 bits per heavy atom. The minimum atomic E-state index is -0.130. The molecule has 1 aliphatic heterocycles. The lowest BCUT2D eigenvalue weighted by atomic mass is 9.75. The third-order valence-electron chi connectivity index (χ3n) is 7.01. The Morgan fingerprint density at radius 3 is 2.91 bits per heavy atom. The van der Waals surface area contributed by atoms with Crippen LogP contribution in [0.3, 0.4) is 0 Å². The maximum Gasteiger partial charge on any atom is 0.255 e. The van der Waals surface area contributed by atoms with Crippen molar-refractivity contribution in [3.63, 3.8) is 0 Å². The van der Waals surface area contributed by atoms with Gasteiger partial charge in [0.15, 0.2) is 5.13 Å². The number of benzene rings is 1. The summed E-state index contributed by atoms with van der Waals surface area (Å²) in [5.74, 6) is -0.186. The van der Waals surface area contributed by atoms with Gasteiger partial charge in [0.05, 0.1) is 11.3 Å². The first kappa shape index (κ1) is 21.8. The van der Waals surface area contributed by atoms with E-state index in [0.717, 1.165) is 35.1 Å². The number of nitrogens with one attached hydrogen (secondary N) is 2. The molecule has 178 valence electrons. The van der Waals surface area contributed by atoms with Crippen molar-refractivity contribution in [2.24, 2.45) is 0 Å². The highest BCUT2D eigenvalue weighted by Crippen LogP contribution is 2.48. The lowest BCUT2D eigenvalue weighted by molar-refractivity contribution is 0.0782. The van der Waals surface area contributed by atoms with Crippen LogP contribution >= 0.6 is 11.3 Å². The van der Waals surface area contributed by atoms with E-state index < -0.39 is 0 Å². The van der Waals surface area contributed by atoms with Gasteiger partial charge in [0, 0.05) is 52.9 Å². The summed E-state index contributed by atoms with van der Waals surface area (Å²) in [6.07, 6.45) is 4.80. The van der Waals surface area contributed by atoms with Crippen molar-refractivity contribution >= 4 is 39.2 Å². The van der Waals surface area contributed by atoms with Gasteiger partial charge >= 0.3 is 0 Å². The monoisotopic (exact) mass is 486 g/mol. The van der Waals surface area contributed by atoms with Crippen LogP contribution < -0.4 is 11.1 Å². The molecule has 2 aliphatic rings. The van der Waals surface area contributed by atoms with Crippen molar-refractivity contribution in [3.8, 4) is 11.4 Å². The summed E-state index contributed by atoms with van der Waals surface area (Å²) in [5.41, 5.74) is 11.1. The first-order chi connectivity index (χ1) is 16.8. The highest BCUT2D eigenvalue weighted by molar-refractivity contribution is 7.15. The molecule has 4 N–H and O–H groups in total. The normalized spacial score (nSPS) is 18.3. The molecule has 1 fully saturated rings. The van der Waals surface area contributed by atoms with Crippen LogP contribution in [0.5, 0.6) is 0 Å². The summed E-state index contributed by atoms with van der Waals surface area (Å²) in [4.78, 5) is 41.0. The molecule has 1 aromatic carbocycles. The Hall–Kier alpha value is -3.72. The maximum absolute atomic E-state index is 13.2. The lowest BCUT2D eigenvalue weighted by Crippen LogP contribution is -2.38. The number of hydrogen-bond acceptors (Lipinski definition) is 6. The average molecular weight is 487 g/mol. The van der Waals surface area contributed by atoms with Crippen molar-refractivity contribution in [3.05, 3.63) is 64.3 Å². The van der Waals surface area contributed by atoms with Gasteiger partial charge in [0.2, 0.25) is 0 Å². The number of likely N-dealkylation sites (tertiary alicyclic amines) is 1. The number of nitrogens with zero attached hydrogens (tertiary/aromatic N) is 3. The lowest BCUT2D eigenvalue weighted by Gasteiger charge is -2.29. The zero-order valence-electron chi connectivity index (χ0n) is 19.6. The van der Waals surface area contributed by atoms with Crippen molar-refractivity contribution in [2.75, 3.05) is 18.8 Å². The summed E-state index contributed by atoms with van der Waals surface area (Å²) in [6, 6.07) is 9.20. The Kier molecular flexibility index (Phi) is 4.93. The third kappa shape index (κ3) is 3.67. The van der Waals surface area contributed by atoms with Crippen LogP contribution in [0.25, 0.3) is 22.3 Å². The van der Waals surface area contributed by atoms with Crippen LogP contribution in [0.4, 0.5) is 5.13 Å². The van der Waals surface area contributed by atoms with Crippen LogP contribution in [0.1, 0.15) is 51.4 Å². The predicted molar refractivity (Wildman–Crippen MR) is 137 cm³/mol. The van der Waals surface area contributed by atoms with Crippen molar-refractivity contribution in [1.29, 1.82) is 0 Å². The second kappa shape index (κ2) is 7.91. The number of amides is 2. The number of H-pyrrole nitrogens is 1. The van der Waals surface area contributed by atoms with Gasteiger partial charge in [-0.2, -0.15) is 0 Å². The number of carbonyl (C=O) groups is 2. The van der Waals surface area contributed by atoms with Crippen molar-refractivity contribution < 1.29 is 9.59 Å². The number of hydrogen-bond donors (Lipinski definition) is 3. The Balaban J connectivity index is 1.24. The van der Waals surface area contributed by atoms with Gasteiger partial charge in [0.25, 0.3) is 11.8 Å². The summed E-state index contributed by atoms with van der Waals surface area (Å²) in [6.45, 7) is 5.53. The molecule has 2 amide bonds. The quantitative estimate of drug-likeness (QED) is 0.408. The van der Waals surface area contributed by atoms with E-state index in [1.54, 1.807) is 40.8 Å². The fourth-order valence-electron chi connectivity index (χ4n) is 5.39. The molecule has 6 rings (SSSR count). The minimum Gasteiger partial charge on any atom is -0.375 e. The fraction of sp³-hybridized carbons (Fsp3) is 0.308. The minimum absolute atomic E-state index is 0.0560. The van der Waals surface area contributed by atoms with Crippen molar-refractivity contribution in [2.45, 2.75) is 38.1 Å². The van der Waals surface area contributed by atoms with E-state index in [9.17, 15) is 9.59 Å². The fourth-order valence-corrected chi connectivity index (χ4v) is 6.46. The van der Waals surface area contributed by atoms with Gasteiger partial charge in [-0.1, -0.05) is 13.8 Å². The summed E-state index contributed by atoms with van der Waals surface area (Å²) >= 11 is 1.54. The van der Waals surface area contributed by atoms with Gasteiger partial charge in [0.1, 0.15) is 5.69 Å².